The predicted octanol–water partition coefficient (Wildman–Crippen LogP) is 1.75. The van der Waals surface area contributed by atoms with Gasteiger partial charge in [0.2, 0.25) is 12.2 Å². The molecule has 7 heteroatoms. The molecule has 0 aliphatic rings. The fourth-order valence-electron chi connectivity index (χ4n) is 1.47. The van der Waals surface area contributed by atoms with Crippen molar-refractivity contribution >= 4 is 12.0 Å². The number of ether oxygens (including phenoxy) is 2. The van der Waals surface area contributed by atoms with Crippen molar-refractivity contribution in [3.05, 3.63) is 42.1 Å². The molecule has 2 aromatic rings. The van der Waals surface area contributed by atoms with Crippen LogP contribution in [0.4, 0.5) is 0 Å². The van der Waals surface area contributed by atoms with Crippen molar-refractivity contribution in [2.24, 2.45) is 0 Å². The highest BCUT2D eigenvalue weighted by Crippen LogP contribution is 2.29. The maximum absolute atomic E-state index is 10.5. The monoisotopic (exact) mass is 276 g/mol. The van der Waals surface area contributed by atoms with Crippen LogP contribution in [-0.2, 0) is 11.4 Å². The van der Waals surface area contributed by atoms with Crippen LogP contribution >= 0.6 is 0 Å². The number of aliphatic carboxylic acids is 1. The van der Waals surface area contributed by atoms with E-state index in [0.29, 0.717) is 22.9 Å². The molecule has 104 valence electrons. The molecule has 0 amide bonds. The van der Waals surface area contributed by atoms with Gasteiger partial charge in [-0.1, -0.05) is 11.2 Å². The first-order valence-corrected chi connectivity index (χ1v) is 5.66. The highest BCUT2D eigenvalue weighted by Gasteiger charge is 2.07. The molecule has 0 saturated heterocycles. The van der Waals surface area contributed by atoms with Gasteiger partial charge in [0.25, 0.3) is 0 Å². The van der Waals surface area contributed by atoms with Crippen molar-refractivity contribution in [3.8, 4) is 11.5 Å². The quantitative estimate of drug-likeness (QED) is 0.803. The maximum Gasteiger partial charge on any atom is 0.328 e. The lowest BCUT2D eigenvalue weighted by Gasteiger charge is -2.09. The maximum atomic E-state index is 10.5. The molecule has 1 heterocycles. The number of carbonyl (C=O) groups is 1. The normalized spacial score (nSPS) is 10.7. The van der Waals surface area contributed by atoms with Crippen LogP contribution in [0.1, 0.15) is 11.4 Å². The van der Waals surface area contributed by atoms with E-state index in [1.165, 1.54) is 19.6 Å². The topological polar surface area (TPSA) is 94.7 Å². The zero-order valence-electron chi connectivity index (χ0n) is 10.6. The number of carboxylic acids is 1. The van der Waals surface area contributed by atoms with Crippen LogP contribution in [0.3, 0.4) is 0 Å². The van der Waals surface area contributed by atoms with E-state index in [4.69, 9.17) is 14.6 Å². The van der Waals surface area contributed by atoms with Gasteiger partial charge in [-0.2, -0.15) is 4.98 Å². The van der Waals surface area contributed by atoms with Gasteiger partial charge in [0.15, 0.2) is 18.1 Å². The molecule has 2 rings (SSSR count). The Bertz CT molecular complexity index is 607. The number of methoxy groups -OCH3 is 1. The summed E-state index contributed by atoms with van der Waals surface area (Å²) < 4.78 is 15.3. The zero-order valence-corrected chi connectivity index (χ0v) is 10.6. The summed E-state index contributed by atoms with van der Waals surface area (Å²) in [5.74, 6) is 0.397. The van der Waals surface area contributed by atoms with E-state index in [-0.39, 0.29) is 6.61 Å². The number of hydrogen-bond acceptors (Lipinski definition) is 6. The molecule has 0 aliphatic carbocycles. The summed E-state index contributed by atoms with van der Waals surface area (Å²) in [6, 6.07) is 5.07. The lowest BCUT2D eigenvalue weighted by molar-refractivity contribution is -0.131. The molecule has 0 saturated carbocycles. The third kappa shape index (κ3) is 3.58. The molecular weight excluding hydrogens is 264 g/mol. The number of carboxylic acid groups (broad SMARTS) is 1. The van der Waals surface area contributed by atoms with Crippen molar-refractivity contribution in [1.29, 1.82) is 0 Å². The smallest absolute Gasteiger partial charge is 0.328 e. The van der Waals surface area contributed by atoms with Crippen LogP contribution < -0.4 is 9.47 Å². The summed E-state index contributed by atoms with van der Waals surface area (Å²) in [6.45, 7) is 0.150. The van der Waals surface area contributed by atoms with Gasteiger partial charge in [-0.15, -0.1) is 0 Å². The van der Waals surface area contributed by atoms with Gasteiger partial charge < -0.3 is 19.1 Å². The number of nitrogens with zero attached hydrogens (tertiary/aromatic N) is 2. The Labute approximate surface area is 114 Å². The average molecular weight is 276 g/mol. The van der Waals surface area contributed by atoms with Gasteiger partial charge in [0.05, 0.1) is 7.11 Å². The Morgan fingerprint density at radius 1 is 1.45 bits per heavy atom. The van der Waals surface area contributed by atoms with E-state index in [0.717, 1.165) is 6.08 Å². The number of hydrogen-bond donors (Lipinski definition) is 1. The highest BCUT2D eigenvalue weighted by atomic mass is 16.5. The minimum absolute atomic E-state index is 0.150. The summed E-state index contributed by atoms with van der Waals surface area (Å²) in [4.78, 5) is 14.3. The largest absolute Gasteiger partial charge is 0.493 e. The summed E-state index contributed by atoms with van der Waals surface area (Å²) in [7, 11) is 1.50. The van der Waals surface area contributed by atoms with E-state index >= 15 is 0 Å². The molecule has 7 nitrogen and oxygen atoms in total. The molecule has 0 unspecified atom stereocenters. The van der Waals surface area contributed by atoms with Gasteiger partial charge in [0, 0.05) is 6.08 Å². The minimum atomic E-state index is -1.01. The molecule has 0 bridgehead atoms. The lowest BCUT2D eigenvalue weighted by atomic mass is 10.2. The SMILES string of the molecule is COc1cc(/C=C/C(=O)O)ccc1OCc1ncon1. The lowest BCUT2D eigenvalue weighted by Crippen LogP contribution is -1.99. The Balaban J connectivity index is 2.11. The average Bonchev–Trinajstić information content (AvgIpc) is 2.96. The van der Waals surface area contributed by atoms with Crippen molar-refractivity contribution in [2.45, 2.75) is 6.61 Å². The molecule has 1 aromatic heterocycles. The van der Waals surface area contributed by atoms with Crippen LogP contribution in [0.25, 0.3) is 6.08 Å². The number of rotatable bonds is 6. The van der Waals surface area contributed by atoms with E-state index in [1.807, 2.05) is 0 Å². The molecule has 20 heavy (non-hydrogen) atoms. The van der Waals surface area contributed by atoms with Crippen molar-refractivity contribution in [1.82, 2.24) is 10.1 Å². The summed E-state index contributed by atoms with van der Waals surface area (Å²) in [5.41, 5.74) is 0.691. The molecule has 0 aliphatic heterocycles. The first kappa shape index (κ1) is 13.6. The first-order valence-electron chi connectivity index (χ1n) is 5.66. The molecule has 0 atom stereocenters. The zero-order chi connectivity index (χ0) is 14.4. The standard InChI is InChI=1S/C13H12N2O5/c1-18-11-6-9(3-5-13(16)17)2-4-10(11)19-7-12-14-8-20-15-12/h2-6,8H,7H2,1H3,(H,16,17)/b5-3+. The van der Waals surface area contributed by atoms with Crippen molar-refractivity contribution in [3.63, 3.8) is 0 Å². The van der Waals surface area contributed by atoms with Crippen LogP contribution in [-0.4, -0.2) is 28.3 Å². The van der Waals surface area contributed by atoms with Gasteiger partial charge >= 0.3 is 5.97 Å². The Morgan fingerprint density at radius 2 is 2.30 bits per heavy atom. The highest BCUT2D eigenvalue weighted by molar-refractivity contribution is 5.85. The second-order valence-electron chi connectivity index (χ2n) is 3.72. The molecule has 0 fully saturated rings. The molecule has 1 aromatic carbocycles. The van der Waals surface area contributed by atoms with Crippen LogP contribution in [0.5, 0.6) is 11.5 Å². The minimum Gasteiger partial charge on any atom is -0.493 e. The number of aromatic nitrogens is 2. The third-order valence-electron chi connectivity index (χ3n) is 2.37. The van der Waals surface area contributed by atoms with Crippen LogP contribution in [0.2, 0.25) is 0 Å². The van der Waals surface area contributed by atoms with E-state index in [2.05, 4.69) is 14.7 Å². The first-order chi connectivity index (χ1) is 9.69. The summed E-state index contributed by atoms with van der Waals surface area (Å²) in [6.07, 6.45) is 3.73. The molecular formula is C13H12N2O5. The Kier molecular flexibility index (Phi) is 4.33. The second kappa shape index (κ2) is 6.37. The number of benzene rings is 1. The van der Waals surface area contributed by atoms with Gasteiger partial charge in [-0.05, 0) is 23.8 Å². The Morgan fingerprint density at radius 3 is 2.95 bits per heavy atom. The van der Waals surface area contributed by atoms with Crippen LogP contribution in [0, 0.1) is 0 Å². The van der Waals surface area contributed by atoms with E-state index in [1.54, 1.807) is 18.2 Å². The second-order valence-corrected chi connectivity index (χ2v) is 3.72. The fraction of sp³-hybridized carbons (Fsp3) is 0.154. The van der Waals surface area contributed by atoms with Gasteiger partial charge in [-0.25, -0.2) is 4.79 Å². The van der Waals surface area contributed by atoms with Gasteiger partial charge in [-0.3, -0.25) is 0 Å². The summed E-state index contributed by atoms with van der Waals surface area (Å²) >= 11 is 0. The molecule has 0 spiro atoms. The molecule has 0 radical (unpaired) electrons. The van der Waals surface area contributed by atoms with Crippen LogP contribution in [0.15, 0.2) is 35.2 Å². The van der Waals surface area contributed by atoms with Crippen molar-refractivity contribution in [2.75, 3.05) is 7.11 Å². The van der Waals surface area contributed by atoms with Crippen molar-refractivity contribution < 1.29 is 23.9 Å². The van der Waals surface area contributed by atoms with Gasteiger partial charge in [0.1, 0.15) is 0 Å². The predicted molar refractivity (Wildman–Crippen MR) is 68.3 cm³/mol. The Hall–Kier alpha value is -2.83. The third-order valence-corrected chi connectivity index (χ3v) is 2.37. The van der Waals surface area contributed by atoms with E-state index in [9.17, 15) is 4.79 Å². The molecule has 1 N–H and O–H groups in total. The fourth-order valence-corrected chi connectivity index (χ4v) is 1.47. The summed E-state index contributed by atoms with van der Waals surface area (Å²) in [5, 5.41) is 12.2. The van der Waals surface area contributed by atoms with E-state index < -0.39 is 5.97 Å².